The number of nitrogens with zero attached hydrogens (tertiary/aromatic N) is 1. The molecule has 0 bridgehead atoms. The number of aliphatic hydroxyl groups excluding tert-OH is 1. The zero-order chi connectivity index (χ0) is 31.8. The number of hydrogen-bond donors (Lipinski definition) is 2. The number of ether oxygens (including phenoxy) is 2. The Labute approximate surface area is 272 Å². The topological polar surface area (TPSA) is 80.7 Å². The lowest BCUT2D eigenvalue weighted by atomic mass is 9.59. The maximum absolute atomic E-state index is 13.4. The smallest absolute Gasteiger partial charge is 0.331 e. The van der Waals surface area contributed by atoms with Gasteiger partial charge in [0.25, 0.3) is 0 Å². The monoisotopic (exact) mass is 630 g/mol. The van der Waals surface area contributed by atoms with E-state index in [0.717, 1.165) is 49.1 Å². The maximum Gasteiger partial charge on any atom is 0.331 e. The van der Waals surface area contributed by atoms with Gasteiger partial charge in [0, 0.05) is 28.2 Å². The van der Waals surface area contributed by atoms with Crippen LogP contribution in [0.3, 0.4) is 0 Å². The Morgan fingerprint density at radius 3 is 2.67 bits per heavy atom. The van der Waals surface area contributed by atoms with Gasteiger partial charge >= 0.3 is 5.97 Å². The Kier molecular flexibility index (Phi) is 9.18. The van der Waals surface area contributed by atoms with Crippen molar-refractivity contribution in [3.8, 4) is 5.75 Å². The van der Waals surface area contributed by atoms with E-state index >= 15 is 0 Å². The van der Waals surface area contributed by atoms with Gasteiger partial charge in [-0.05, 0) is 129 Å². The first kappa shape index (κ1) is 31.9. The van der Waals surface area contributed by atoms with Gasteiger partial charge < -0.3 is 19.9 Å². The summed E-state index contributed by atoms with van der Waals surface area (Å²) in [6.45, 7) is 7.08. The largest absolute Gasteiger partial charge is 0.493 e. The van der Waals surface area contributed by atoms with Crippen LogP contribution in [0.25, 0.3) is 0 Å². The van der Waals surface area contributed by atoms with Crippen molar-refractivity contribution >= 4 is 23.3 Å². The lowest BCUT2D eigenvalue weighted by Gasteiger charge is -2.48. The molecule has 6 nitrogen and oxygen atoms in total. The number of anilines is 1. The van der Waals surface area contributed by atoms with Crippen LogP contribution in [0.2, 0.25) is 5.02 Å². The van der Waals surface area contributed by atoms with Crippen molar-refractivity contribution < 1.29 is 19.4 Å². The number of carbonyl (C=O) groups is 1. The second kappa shape index (κ2) is 13.0. The summed E-state index contributed by atoms with van der Waals surface area (Å²) in [5.74, 6) is 1.99. The van der Waals surface area contributed by atoms with E-state index in [0.29, 0.717) is 42.2 Å². The molecule has 240 valence electrons. The van der Waals surface area contributed by atoms with Crippen molar-refractivity contribution in [3.63, 3.8) is 0 Å². The van der Waals surface area contributed by atoms with Gasteiger partial charge in [0.1, 0.15) is 11.3 Å². The lowest BCUT2D eigenvalue weighted by molar-refractivity contribution is -0.148. The van der Waals surface area contributed by atoms with Crippen molar-refractivity contribution in [3.05, 3.63) is 87.7 Å². The van der Waals surface area contributed by atoms with Crippen molar-refractivity contribution in [1.82, 2.24) is 4.98 Å². The molecule has 0 saturated heterocycles. The highest BCUT2D eigenvalue weighted by molar-refractivity contribution is 6.30. The minimum atomic E-state index is -0.828. The van der Waals surface area contributed by atoms with E-state index in [-0.39, 0.29) is 11.4 Å². The van der Waals surface area contributed by atoms with Crippen molar-refractivity contribution in [1.29, 1.82) is 0 Å². The summed E-state index contributed by atoms with van der Waals surface area (Å²) in [5.41, 5.74) is 6.05. The van der Waals surface area contributed by atoms with E-state index in [4.69, 9.17) is 21.1 Å². The molecule has 0 amide bonds. The zero-order valence-electron chi connectivity index (χ0n) is 27.1. The Hall–Kier alpha value is -3.09. The zero-order valence-corrected chi connectivity index (χ0v) is 27.8. The number of rotatable bonds is 9. The van der Waals surface area contributed by atoms with Crippen LogP contribution in [-0.2, 0) is 27.8 Å². The predicted molar refractivity (Wildman–Crippen MR) is 179 cm³/mol. The number of hydrogen-bond acceptors (Lipinski definition) is 6. The third-order valence-corrected chi connectivity index (χ3v) is 11.2. The van der Waals surface area contributed by atoms with Gasteiger partial charge in [0.2, 0.25) is 0 Å². The van der Waals surface area contributed by atoms with Crippen LogP contribution < -0.4 is 10.1 Å². The number of aromatic nitrogens is 1. The van der Waals surface area contributed by atoms with Crippen molar-refractivity contribution in [2.45, 2.75) is 102 Å². The molecule has 2 N–H and O–H groups in total. The Bertz CT molecular complexity index is 1530. The molecule has 1 aromatic heterocycles. The Balaban J connectivity index is 1.25. The van der Waals surface area contributed by atoms with Gasteiger partial charge in [0.05, 0.1) is 19.8 Å². The van der Waals surface area contributed by atoms with E-state index in [1.807, 2.05) is 43.5 Å². The number of fused-ring (bicyclic) bond motifs is 3. The van der Waals surface area contributed by atoms with E-state index in [9.17, 15) is 9.90 Å². The number of aliphatic hydroxyl groups is 1. The van der Waals surface area contributed by atoms with Crippen LogP contribution in [0.5, 0.6) is 5.75 Å². The third kappa shape index (κ3) is 6.20. The summed E-state index contributed by atoms with van der Waals surface area (Å²) in [5, 5.41) is 14.7. The summed E-state index contributed by atoms with van der Waals surface area (Å²) >= 11 is 6.30. The van der Waals surface area contributed by atoms with Gasteiger partial charge in [-0.1, -0.05) is 49.7 Å². The fourth-order valence-electron chi connectivity index (χ4n) is 8.56. The quantitative estimate of drug-likeness (QED) is 0.231. The molecule has 3 aliphatic rings. The lowest BCUT2D eigenvalue weighted by Crippen LogP contribution is -2.53. The van der Waals surface area contributed by atoms with E-state index in [1.165, 1.54) is 42.3 Å². The fourth-order valence-corrected chi connectivity index (χ4v) is 8.75. The molecule has 3 aromatic rings. The minimum Gasteiger partial charge on any atom is -0.493 e. The summed E-state index contributed by atoms with van der Waals surface area (Å²) in [6.07, 6.45) is 9.77. The van der Waals surface area contributed by atoms with Gasteiger partial charge in [-0.2, -0.15) is 0 Å². The maximum atomic E-state index is 13.4. The number of esters is 1. The fraction of sp³-hybridized carbons (Fsp3) is 0.526. The van der Waals surface area contributed by atoms with Crippen LogP contribution in [0, 0.1) is 11.8 Å². The van der Waals surface area contributed by atoms with Gasteiger partial charge in [-0.25, -0.2) is 4.79 Å². The molecule has 1 saturated carbocycles. The predicted octanol–water partition coefficient (Wildman–Crippen LogP) is 8.34. The second-order valence-corrected chi connectivity index (χ2v) is 14.4. The molecule has 1 fully saturated rings. The van der Waals surface area contributed by atoms with Crippen LogP contribution in [0.4, 0.5) is 5.69 Å². The Morgan fingerprint density at radius 1 is 1.13 bits per heavy atom. The van der Waals surface area contributed by atoms with Crippen molar-refractivity contribution in [2.24, 2.45) is 11.8 Å². The number of aryl methyl sites for hydroxylation is 1. The average molecular weight is 631 g/mol. The molecular formula is C38H47ClN2O4. The highest BCUT2D eigenvalue weighted by atomic mass is 35.5. The van der Waals surface area contributed by atoms with Gasteiger partial charge in [-0.15, -0.1) is 0 Å². The number of carbonyl (C=O) groups excluding carboxylic acids is 1. The van der Waals surface area contributed by atoms with Gasteiger partial charge in [0.15, 0.2) is 0 Å². The molecule has 1 heterocycles. The van der Waals surface area contributed by atoms with Gasteiger partial charge in [-0.3, -0.25) is 4.98 Å². The molecule has 1 unspecified atom stereocenters. The summed E-state index contributed by atoms with van der Waals surface area (Å²) in [6, 6.07) is 16.1. The highest BCUT2D eigenvalue weighted by Crippen LogP contribution is 2.56. The number of halogens is 1. The average Bonchev–Trinajstić information content (AvgIpc) is 3.32. The normalized spacial score (nSPS) is 26.9. The molecule has 1 spiro atoms. The number of methoxy groups -OCH3 is 1. The minimum absolute atomic E-state index is 0.0909. The first-order chi connectivity index (χ1) is 21.6. The molecule has 0 radical (unpaired) electrons. The SMILES string of the molecule is COC(=O)C1(Nc2cccc(Cl)c2)CCC2(CC1)c1cc(C(C)O)ccc1C[C@@H]2C[C@@H](C)COc1ccnc2c1[C@H](C)CCC2. The van der Waals surface area contributed by atoms with Crippen LogP contribution >= 0.6 is 11.6 Å². The highest BCUT2D eigenvalue weighted by Gasteiger charge is 2.54. The first-order valence-electron chi connectivity index (χ1n) is 16.7. The Morgan fingerprint density at radius 2 is 1.93 bits per heavy atom. The number of benzene rings is 2. The van der Waals surface area contributed by atoms with E-state index in [2.05, 4.69) is 42.3 Å². The number of nitrogens with one attached hydrogen (secondary N) is 1. The molecule has 6 rings (SSSR count). The van der Waals surface area contributed by atoms with E-state index in [1.54, 1.807) is 0 Å². The molecule has 45 heavy (non-hydrogen) atoms. The van der Waals surface area contributed by atoms with Crippen LogP contribution in [0.1, 0.15) is 106 Å². The molecular weight excluding hydrogens is 584 g/mol. The van der Waals surface area contributed by atoms with Crippen LogP contribution in [0.15, 0.2) is 54.7 Å². The number of pyridine rings is 1. The molecule has 7 heteroatoms. The first-order valence-corrected chi connectivity index (χ1v) is 17.1. The molecule has 2 aromatic carbocycles. The molecule has 0 aliphatic heterocycles. The molecule has 3 aliphatic carbocycles. The van der Waals surface area contributed by atoms with E-state index < -0.39 is 11.6 Å². The summed E-state index contributed by atoms with van der Waals surface area (Å²) in [4.78, 5) is 18.1. The van der Waals surface area contributed by atoms with Crippen molar-refractivity contribution in [2.75, 3.05) is 19.0 Å². The van der Waals surface area contributed by atoms with Crippen LogP contribution in [-0.4, -0.2) is 35.3 Å². The third-order valence-electron chi connectivity index (χ3n) is 11.0. The second-order valence-electron chi connectivity index (χ2n) is 14.0. The molecule has 4 atom stereocenters. The summed E-state index contributed by atoms with van der Waals surface area (Å²) in [7, 11) is 1.47. The summed E-state index contributed by atoms with van der Waals surface area (Å²) < 4.78 is 11.9. The standard InChI is InChI=1S/C38H47ClN2O4/c1-24(23-45-34-13-18-40-33-10-5-7-25(2)35(33)34)19-29-20-28-12-11-27(26(3)42)21-32(28)37(29)14-16-38(17-15-37,36(43)44-4)41-31-9-6-8-30(39)22-31/h6,8-9,11-13,18,21-22,24-26,29,41-42H,5,7,10,14-17,19-20,23H2,1-4H3/t24-,25-,26?,29+,37?,38?/m1/s1.